The van der Waals surface area contributed by atoms with E-state index in [1.54, 1.807) is 24.8 Å². The van der Waals surface area contributed by atoms with Crippen LogP contribution < -0.4 is 30.2 Å². The van der Waals surface area contributed by atoms with Crippen LogP contribution in [-0.4, -0.2) is 114 Å². The summed E-state index contributed by atoms with van der Waals surface area (Å²) in [7, 11) is 0. The lowest BCUT2D eigenvalue weighted by Crippen LogP contribution is -2.33. The van der Waals surface area contributed by atoms with E-state index < -0.39 is 0 Å². The average molecular weight is 1250 g/mol. The van der Waals surface area contributed by atoms with Gasteiger partial charge in [-0.05, 0) is 135 Å². The number of aromatic nitrogens is 11. The van der Waals surface area contributed by atoms with E-state index in [4.69, 9.17) is 42.0 Å². The van der Waals surface area contributed by atoms with Crippen LogP contribution in [0.25, 0.3) is 51.0 Å². The summed E-state index contributed by atoms with van der Waals surface area (Å²) in [6.07, 6.45) is 13.7. The number of aryl methyl sites for hydroxylation is 7. The second-order valence-electron chi connectivity index (χ2n) is 22.7. The Morgan fingerprint density at radius 1 is 0.467 bits per heavy atom. The Labute approximate surface area is 535 Å². The second kappa shape index (κ2) is 31.8. The zero-order chi connectivity index (χ0) is 64.3. The molecule has 0 radical (unpaired) electrons. The van der Waals surface area contributed by atoms with Gasteiger partial charge >= 0.3 is 0 Å². The van der Waals surface area contributed by atoms with Crippen molar-refractivity contribution in [2.24, 2.45) is 0 Å². The third-order valence-electron chi connectivity index (χ3n) is 15.9. The lowest BCUT2D eigenvalue weighted by Gasteiger charge is -2.25. The molecule has 3 N–H and O–H groups in total. The van der Waals surface area contributed by atoms with E-state index in [-0.39, 0.29) is 13.2 Å². The van der Waals surface area contributed by atoms with Crippen molar-refractivity contribution in [1.82, 2.24) is 71.8 Å². The van der Waals surface area contributed by atoms with Gasteiger partial charge < -0.3 is 57.9 Å². The van der Waals surface area contributed by atoms with Crippen LogP contribution in [0.4, 0.5) is 0 Å². The van der Waals surface area contributed by atoms with Gasteiger partial charge in [0.2, 0.25) is 17.6 Å². The zero-order valence-corrected chi connectivity index (χ0v) is 53.4. The van der Waals surface area contributed by atoms with E-state index in [0.717, 1.165) is 180 Å². The lowest BCUT2D eigenvalue weighted by atomic mass is 10.1. The molecule has 23 nitrogen and oxygen atoms in total. The molecule has 0 aromatic carbocycles. The summed E-state index contributed by atoms with van der Waals surface area (Å²) in [4.78, 5) is 17.6. The molecule has 0 saturated carbocycles. The highest BCUT2D eigenvalue weighted by atomic mass is 16.5. The van der Waals surface area contributed by atoms with Crippen molar-refractivity contribution >= 4 is 17.1 Å². The van der Waals surface area contributed by atoms with E-state index >= 15 is 0 Å². The van der Waals surface area contributed by atoms with Gasteiger partial charge in [-0.25, -0.2) is 9.97 Å². The maximum absolute atomic E-state index is 5.97. The minimum absolute atomic E-state index is 0.272. The van der Waals surface area contributed by atoms with Crippen molar-refractivity contribution in [2.75, 3.05) is 39.6 Å². The quantitative estimate of drug-likeness (QED) is 0.0569. The summed E-state index contributed by atoms with van der Waals surface area (Å²) in [6.45, 7) is 31.4. The Morgan fingerprint density at radius 3 is 1.40 bits per heavy atom. The van der Waals surface area contributed by atoms with Gasteiger partial charge in [0.05, 0.1) is 28.1 Å². The number of ether oxygens (including phenoxy) is 6. The van der Waals surface area contributed by atoms with E-state index in [1.807, 2.05) is 115 Å². The second-order valence-corrected chi connectivity index (χ2v) is 22.7. The fraction of sp³-hybridized carbons (Fsp3) is 0.377. The molecule has 92 heavy (non-hydrogen) atoms. The molecule has 23 heteroatoms. The molecule has 12 heterocycles. The van der Waals surface area contributed by atoms with Gasteiger partial charge in [-0.1, -0.05) is 42.1 Å². The number of nitrogens with one attached hydrogen (secondary N) is 3. The molecule has 9 aromatic rings. The molecule has 3 fully saturated rings. The van der Waals surface area contributed by atoms with Crippen molar-refractivity contribution in [3.05, 3.63) is 185 Å². The third kappa shape index (κ3) is 17.6. The van der Waals surface area contributed by atoms with Crippen molar-refractivity contribution in [3.8, 4) is 51.5 Å². The van der Waals surface area contributed by atoms with Crippen LogP contribution >= 0.6 is 0 Å². The predicted octanol–water partition coefficient (Wildman–Crippen LogP) is 11.6. The normalized spacial score (nSPS) is 14.4. The third-order valence-corrected chi connectivity index (χ3v) is 15.9. The first-order valence-electron chi connectivity index (χ1n) is 31.0. The van der Waals surface area contributed by atoms with Crippen LogP contribution in [0.5, 0.6) is 17.6 Å². The minimum atomic E-state index is 0.272. The highest BCUT2D eigenvalue weighted by Crippen LogP contribution is 2.31. The minimum Gasteiger partial charge on any atom is -0.473 e. The van der Waals surface area contributed by atoms with Crippen LogP contribution in [0.3, 0.4) is 0 Å². The summed E-state index contributed by atoms with van der Waals surface area (Å²) in [5.74, 6) is 3.71. The summed E-state index contributed by atoms with van der Waals surface area (Å²) < 4.78 is 50.3. The molecule has 0 aliphatic carbocycles. The van der Waals surface area contributed by atoms with Crippen molar-refractivity contribution in [1.29, 1.82) is 0 Å². The van der Waals surface area contributed by atoms with Crippen LogP contribution in [0.1, 0.15) is 119 Å². The highest BCUT2D eigenvalue weighted by Gasteiger charge is 2.23. The van der Waals surface area contributed by atoms with Crippen molar-refractivity contribution < 1.29 is 42.0 Å². The SMILES string of the molecule is C=C(NC1CCOCC1)c1cc(C)c(OCc2c(-c3ccc(C)nc3)noc2C)nn1.C=C(NC1CCOCC1)c1ccc(OCc2c(-c3ccc(C)nc3)noc2CC)nc1.C=C(NC1CCOCC1)c1ccc(OCc2c(-c3ccc(C)nn3)noc2C)nc1. The van der Waals surface area contributed by atoms with Gasteiger partial charge in [-0.2, -0.15) is 5.10 Å². The molecule has 3 aliphatic rings. The molecule has 0 bridgehead atoms. The first kappa shape index (κ1) is 65.2. The van der Waals surface area contributed by atoms with Crippen LogP contribution in [0, 0.1) is 41.5 Å². The topological polar surface area (TPSA) is 273 Å². The number of nitrogens with zero attached hydrogens (tertiary/aromatic N) is 11. The van der Waals surface area contributed by atoms with Gasteiger partial charge in [0, 0.05) is 152 Å². The van der Waals surface area contributed by atoms with Crippen LogP contribution in [0.15, 0.2) is 125 Å². The molecule has 3 aliphatic heterocycles. The zero-order valence-electron chi connectivity index (χ0n) is 53.4. The number of rotatable bonds is 22. The van der Waals surface area contributed by atoms with E-state index in [2.05, 4.69) is 91.5 Å². The van der Waals surface area contributed by atoms with Crippen LogP contribution in [0.2, 0.25) is 0 Å². The Hall–Kier alpha value is -9.71. The van der Waals surface area contributed by atoms with Gasteiger partial charge in [-0.15, -0.1) is 15.3 Å². The van der Waals surface area contributed by atoms with Crippen LogP contribution in [-0.2, 0) is 40.5 Å². The molecule has 3 saturated heterocycles. The summed E-state index contributed by atoms with van der Waals surface area (Å²) >= 11 is 0. The van der Waals surface area contributed by atoms with Crippen molar-refractivity contribution in [2.45, 2.75) is 131 Å². The molecule has 0 amide bonds. The molecule has 480 valence electrons. The maximum Gasteiger partial charge on any atom is 0.236 e. The number of pyridine rings is 4. The first-order valence-corrected chi connectivity index (χ1v) is 31.0. The fourth-order valence-electron chi connectivity index (χ4n) is 10.3. The summed E-state index contributed by atoms with van der Waals surface area (Å²) in [5.41, 5.74) is 15.9. The predicted molar refractivity (Wildman–Crippen MR) is 346 cm³/mol. The standard InChI is InChI=1S/C24H28N4O3.C23H27N5O3.C22H25N5O3/c1-4-22-21(24(28-31-22)19-6-5-16(2)25-14-19)15-30-23-8-7-18(13-26-23)17(3)27-20-9-11-29-12-10-20;1-14-11-21(16(3)25-19-7-9-29-10-8-19)26-27-23(14)30-13-20-17(4)31-28-22(20)18-6-5-15(2)24-12-18;1-14-4-6-20(26-25-14)22-19(16(3)30-27-22)13-29-21-7-5-17(12-23-21)15(2)24-18-8-10-28-11-9-18/h5-8,13-14,20,27H,3-4,9-12,15H2,1-2H3;5-6,11-12,19,25H,3,7-10,13H2,1-2,4H3;4-7,12,18,24H,2,8-11,13H2,1,3H3. The average Bonchev–Trinajstić information content (AvgIpc) is 1.83. The molecule has 9 aromatic heterocycles. The van der Waals surface area contributed by atoms with E-state index in [9.17, 15) is 0 Å². The Kier molecular flexibility index (Phi) is 22.6. The Bertz CT molecular complexity index is 3850. The maximum atomic E-state index is 5.97. The van der Waals surface area contributed by atoms with E-state index in [0.29, 0.717) is 71.0 Å². The van der Waals surface area contributed by atoms with Gasteiger partial charge in [0.25, 0.3) is 0 Å². The smallest absolute Gasteiger partial charge is 0.236 e. The number of hydrogen-bond donors (Lipinski definition) is 3. The van der Waals surface area contributed by atoms with Crippen molar-refractivity contribution in [3.63, 3.8) is 0 Å². The largest absolute Gasteiger partial charge is 0.473 e. The van der Waals surface area contributed by atoms with Gasteiger partial charge in [0.1, 0.15) is 65.6 Å². The van der Waals surface area contributed by atoms with Gasteiger partial charge in [0.15, 0.2) is 0 Å². The molecular formula is C69H80N14O9. The molecular weight excluding hydrogens is 1170 g/mol. The Balaban J connectivity index is 0.000000151. The molecule has 0 atom stereocenters. The highest BCUT2D eigenvalue weighted by molar-refractivity contribution is 5.65. The first-order chi connectivity index (χ1) is 44.7. The summed E-state index contributed by atoms with van der Waals surface area (Å²) in [5, 5.41) is 39.8. The molecule has 0 spiro atoms. The fourth-order valence-corrected chi connectivity index (χ4v) is 10.3. The lowest BCUT2D eigenvalue weighted by molar-refractivity contribution is 0.0817. The Morgan fingerprint density at radius 2 is 0.935 bits per heavy atom. The number of hydrogen-bond acceptors (Lipinski definition) is 23. The van der Waals surface area contributed by atoms with Gasteiger partial charge in [-0.3, -0.25) is 9.97 Å². The summed E-state index contributed by atoms with van der Waals surface area (Å²) in [6, 6.07) is 22.3. The monoisotopic (exact) mass is 1250 g/mol. The molecule has 0 unspecified atom stereocenters. The molecule has 12 rings (SSSR count). The van der Waals surface area contributed by atoms with E-state index in [1.165, 1.54) is 0 Å².